The summed E-state index contributed by atoms with van der Waals surface area (Å²) in [7, 11) is 0. The number of nitrogens with zero attached hydrogens (tertiary/aromatic N) is 2. The van der Waals surface area contributed by atoms with Crippen molar-refractivity contribution in [3.05, 3.63) is 46.7 Å². The molecule has 1 aromatic carbocycles. The first kappa shape index (κ1) is 17.9. The fraction of sp³-hybridized carbons (Fsp3) is 0.400. The maximum Gasteiger partial charge on any atom is 0.267 e. The molecule has 142 valence electrons. The van der Waals surface area contributed by atoms with Gasteiger partial charge in [-0.05, 0) is 40.9 Å². The van der Waals surface area contributed by atoms with E-state index in [1.807, 2.05) is 28.5 Å². The first-order chi connectivity index (χ1) is 13.2. The minimum absolute atomic E-state index is 0.0742. The van der Waals surface area contributed by atoms with E-state index in [2.05, 4.69) is 11.4 Å². The molecule has 1 fully saturated rings. The van der Waals surface area contributed by atoms with E-state index in [0.29, 0.717) is 44.1 Å². The Balaban J connectivity index is 1.26. The first-order valence-electron chi connectivity index (χ1n) is 9.17. The molecule has 4 rings (SSSR count). The molecule has 0 N–H and O–H groups in total. The summed E-state index contributed by atoms with van der Waals surface area (Å²) < 4.78 is 11.4. The summed E-state index contributed by atoms with van der Waals surface area (Å²) in [5.74, 6) is 1.35. The Bertz CT molecular complexity index is 800. The van der Waals surface area contributed by atoms with Crippen LogP contribution in [0, 0.1) is 0 Å². The number of hydrogen-bond donors (Lipinski definition) is 0. The fourth-order valence-corrected chi connectivity index (χ4v) is 4.07. The minimum Gasteiger partial charge on any atom is -0.485 e. The second-order valence-electron chi connectivity index (χ2n) is 6.70. The predicted octanol–water partition coefficient (Wildman–Crippen LogP) is 2.19. The molecule has 0 unspecified atom stereocenters. The molecule has 2 aliphatic rings. The third kappa shape index (κ3) is 4.08. The van der Waals surface area contributed by atoms with Crippen molar-refractivity contribution in [1.82, 2.24) is 9.80 Å². The summed E-state index contributed by atoms with van der Waals surface area (Å²) in [6.45, 7) is 2.42. The van der Waals surface area contributed by atoms with Crippen LogP contribution in [0.1, 0.15) is 12.0 Å². The van der Waals surface area contributed by atoms with Gasteiger partial charge in [0.2, 0.25) is 12.0 Å². The van der Waals surface area contributed by atoms with Crippen molar-refractivity contribution in [2.45, 2.75) is 18.9 Å². The van der Waals surface area contributed by atoms with Gasteiger partial charge in [0.1, 0.15) is 6.61 Å². The van der Waals surface area contributed by atoms with Crippen LogP contribution in [-0.2, 0) is 16.0 Å². The molecule has 1 atom stereocenters. The molecule has 0 saturated carbocycles. The van der Waals surface area contributed by atoms with Gasteiger partial charge in [0, 0.05) is 32.6 Å². The number of aryl methyl sites for hydroxylation is 1. The average Bonchev–Trinajstić information content (AvgIpc) is 3.25. The number of para-hydroxylation sites is 2. The van der Waals surface area contributed by atoms with Crippen molar-refractivity contribution in [1.29, 1.82) is 0 Å². The summed E-state index contributed by atoms with van der Waals surface area (Å²) in [6, 6.07) is 9.42. The number of benzene rings is 1. The van der Waals surface area contributed by atoms with Gasteiger partial charge in [-0.1, -0.05) is 12.1 Å². The van der Waals surface area contributed by atoms with Crippen LogP contribution in [0.2, 0.25) is 0 Å². The van der Waals surface area contributed by atoms with Gasteiger partial charge in [0.25, 0.3) is 5.91 Å². The van der Waals surface area contributed by atoms with Crippen LogP contribution >= 0.6 is 11.3 Å². The van der Waals surface area contributed by atoms with Crippen molar-refractivity contribution in [2.24, 2.45) is 0 Å². The molecule has 7 heteroatoms. The van der Waals surface area contributed by atoms with Gasteiger partial charge in [0.05, 0.1) is 0 Å². The summed E-state index contributed by atoms with van der Waals surface area (Å²) in [5, 5.41) is 4.11. The Morgan fingerprint density at radius 3 is 2.52 bits per heavy atom. The number of amides is 2. The summed E-state index contributed by atoms with van der Waals surface area (Å²) in [4.78, 5) is 28.7. The Hall–Kier alpha value is -2.54. The van der Waals surface area contributed by atoms with Crippen LogP contribution in [0.5, 0.6) is 11.5 Å². The average molecular weight is 386 g/mol. The van der Waals surface area contributed by atoms with E-state index in [9.17, 15) is 9.59 Å². The molecule has 27 heavy (non-hydrogen) atoms. The lowest BCUT2D eigenvalue weighted by molar-refractivity contribution is -0.146. The topological polar surface area (TPSA) is 59.1 Å². The second kappa shape index (κ2) is 8.00. The van der Waals surface area contributed by atoms with E-state index >= 15 is 0 Å². The van der Waals surface area contributed by atoms with Gasteiger partial charge in [-0.3, -0.25) is 9.59 Å². The zero-order chi connectivity index (χ0) is 18.6. The van der Waals surface area contributed by atoms with E-state index in [4.69, 9.17) is 9.47 Å². The lowest BCUT2D eigenvalue weighted by Gasteiger charge is -2.37. The number of hydrogen-bond acceptors (Lipinski definition) is 5. The summed E-state index contributed by atoms with van der Waals surface area (Å²) in [6.07, 6.45) is 0.663. The zero-order valence-corrected chi connectivity index (χ0v) is 15.8. The SMILES string of the molecule is O=C(CCc1ccsc1)N1CCN(C(=O)[C@H]2COc3ccccc3O2)CC1. The molecule has 1 aromatic heterocycles. The van der Waals surface area contributed by atoms with Crippen molar-refractivity contribution >= 4 is 23.2 Å². The van der Waals surface area contributed by atoms with E-state index in [-0.39, 0.29) is 18.4 Å². The van der Waals surface area contributed by atoms with Crippen molar-refractivity contribution in [3.63, 3.8) is 0 Å². The maximum absolute atomic E-state index is 12.7. The zero-order valence-electron chi connectivity index (χ0n) is 15.0. The molecule has 0 aliphatic carbocycles. The molecule has 2 aliphatic heterocycles. The van der Waals surface area contributed by atoms with Gasteiger partial charge >= 0.3 is 0 Å². The lowest BCUT2D eigenvalue weighted by atomic mass is 10.1. The number of carbonyl (C=O) groups excluding carboxylic acids is 2. The minimum atomic E-state index is -0.624. The van der Waals surface area contributed by atoms with Crippen molar-refractivity contribution < 1.29 is 19.1 Å². The van der Waals surface area contributed by atoms with Crippen molar-refractivity contribution in [3.8, 4) is 11.5 Å². The van der Waals surface area contributed by atoms with Crippen molar-refractivity contribution in [2.75, 3.05) is 32.8 Å². The molecule has 6 nitrogen and oxygen atoms in total. The Morgan fingerprint density at radius 2 is 1.78 bits per heavy atom. The largest absolute Gasteiger partial charge is 0.485 e. The number of carbonyl (C=O) groups is 2. The second-order valence-corrected chi connectivity index (χ2v) is 7.48. The van der Waals surface area contributed by atoms with Gasteiger partial charge in [-0.25, -0.2) is 0 Å². The third-order valence-corrected chi connectivity index (χ3v) is 5.67. The molecule has 0 spiro atoms. The number of thiophene rings is 1. The van der Waals surface area contributed by atoms with E-state index < -0.39 is 6.10 Å². The molecular formula is C20H22N2O4S. The van der Waals surface area contributed by atoms with Gasteiger partial charge in [-0.15, -0.1) is 0 Å². The first-order valence-corrected chi connectivity index (χ1v) is 10.1. The van der Waals surface area contributed by atoms with Gasteiger partial charge < -0.3 is 19.3 Å². The summed E-state index contributed by atoms with van der Waals surface area (Å²) >= 11 is 1.65. The van der Waals surface area contributed by atoms with E-state index in [1.54, 1.807) is 22.3 Å². The lowest BCUT2D eigenvalue weighted by Crippen LogP contribution is -2.55. The van der Waals surface area contributed by atoms with E-state index in [1.165, 1.54) is 5.56 Å². The van der Waals surface area contributed by atoms with Crippen LogP contribution in [-0.4, -0.2) is 60.5 Å². The smallest absolute Gasteiger partial charge is 0.267 e. The Morgan fingerprint density at radius 1 is 1.04 bits per heavy atom. The predicted molar refractivity (Wildman–Crippen MR) is 102 cm³/mol. The number of rotatable bonds is 4. The maximum atomic E-state index is 12.7. The van der Waals surface area contributed by atoms with Crippen LogP contribution in [0.15, 0.2) is 41.1 Å². The highest BCUT2D eigenvalue weighted by atomic mass is 32.1. The standard InChI is InChI=1S/C20H22N2O4S/c23-19(6-5-15-7-12-27-14-15)21-8-10-22(11-9-21)20(24)18-13-25-16-3-1-2-4-17(16)26-18/h1-4,7,12,14,18H,5-6,8-11,13H2/t18-/m1/s1. The molecule has 0 bridgehead atoms. The highest BCUT2D eigenvalue weighted by Gasteiger charge is 2.33. The monoisotopic (exact) mass is 386 g/mol. The van der Waals surface area contributed by atoms with Gasteiger partial charge in [0.15, 0.2) is 11.5 Å². The molecule has 1 saturated heterocycles. The third-order valence-electron chi connectivity index (χ3n) is 4.94. The molecular weight excluding hydrogens is 364 g/mol. The fourth-order valence-electron chi connectivity index (χ4n) is 3.37. The highest BCUT2D eigenvalue weighted by Crippen LogP contribution is 2.31. The van der Waals surface area contributed by atoms with Crippen LogP contribution in [0.4, 0.5) is 0 Å². The van der Waals surface area contributed by atoms with Crippen LogP contribution < -0.4 is 9.47 Å². The molecule has 0 radical (unpaired) electrons. The quantitative estimate of drug-likeness (QED) is 0.808. The molecule has 2 amide bonds. The van der Waals surface area contributed by atoms with Crippen LogP contribution in [0.25, 0.3) is 0 Å². The Labute approximate surface area is 162 Å². The number of fused-ring (bicyclic) bond motifs is 1. The highest BCUT2D eigenvalue weighted by molar-refractivity contribution is 7.07. The Kier molecular flexibility index (Phi) is 5.29. The van der Waals surface area contributed by atoms with Gasteiger partial charge in [-0.2, -0.15) is 11.3 Å². The number of ether oxygens (including phenoxy) is 2. The molecule has 3 heterocycles. The normalized spacial score (nSPS) is 19.0. The van der Waals surface area contributed by atoms with E-state index in [0.717, 1.165) is 6.42 Å². The molecule has 2 aromatic rings. The summed E-state index contributed by atoms with van der Waals surface area (Å²) in [5.41, 5.74) is 1.21. The number of piperazine rings is 1. The van der Waals surface area contributed by atoms with Crippen LogP contribution in [0.3, 0.4) is 0 Å².